The quantitative estimate of drug-likeness (QED) is 0.403. The van der Waals surface area contributed by atoms with Crippen LogP contribution in [0.1, 0.15) is 6.92 Å². The molecule has 0 aromatic rings. The highest BCUT2D eigenvalue weighted by Crippen LogP contribution is 2.09. The third-order valence-electron chi connectivity index (χ3n) is 1.05. The largest absolute Gasteiger partial charge is 0.403 e. The third-order valence-corrected chi connectivity index (χ3v) is 6.74. The maximum atomic E-state index is 5.59. The Kier molecular flexibility index (Phi) is 4.26. The molecular formula is C7H13BrOSi. The summed E-state index contributed by atoms with van der Waals surface area (Å²) >= 11 is 3.40. The van der Waals surface area contributed by atoms with Crippen molar-refractivity contribution in [2.45, 2.75) is 26.1 Å². The van der Waals surface area contributed by atoms with Crippen molar-refractivity contribution in [1.82, 2.24) is 0 Å². The molecule has 1 unspecified atom stereocenters. The number of alkyl halides is 1. The molecule has 0 radical (unpaired) electrons. The van der Waals surface area contributed by atoms with Gasteiger partial charge in [0.1, 0.15) is 6.10 Å². The zero-order valence-electron chi connectivity index (χ0n) is 6.65. The second-order valence-electron chi connectivity index (χ2n) is 2.82. The summed E-state index contributed by atoms with van der Waals surface area (Å²) in [5, 5.41) is 0. The molecule has 0 heterocycles. The third kappa shape index (κ3) is 4.10. The molecule has 10 heavy (non-hydrogen) atoms. The Balaban J connectivity index is 3.79. The van der Waals surface area contributed by atoms with Crippen molar-refractivity contribution >= 4 is 24.2 Å². The van der Waals surface area contributed by atoms with Gasteiger partial charge in [-0.3, -0.25) is 0 Å². The van der Waals surface area contributed by atoms with Crippen molar-refractivity contribution in [3.63, 3.8) is 0 Å². The molecule has 0 amide bonds. The molecule has 0 fully saturated rings. The molecule has 1 atom stereocenters. The summed E-state index contributed by atoms with van der Waals surface area (Å²) in [6.45, 7) is 6.17. The first-order valence-electron chi connectivity index (χ1n) is 3.22. The van der Waals surface area contributed by atoms with Gasteiger partial charge in [0, 0.05) is 4.95 Å². The lowest BCUT2D eigenvalue weighted by Gasteiger charge is -2.22. The first-order valence-corrected chi connectivity index (χ1v) is 7.45. The minimum absolute atomic E-state index is 0.0424. The van der Waals surface area contributed by atoms with Gasteiger partial charge in [0.2, 0.25) is 0 Å². The average Bonchev–Trinajstić information content (AvgIpc) is 1.87. The van der Waals surface area contributed by atoms with E-state index >= 15 is 0 Å². The van der Waals surface area contributed by atoms with Crippen LogP contribution >= 0.6 is 15.9 Å². The fourth-order valence-corrected chi connectivity index (χ4v) is 2.03. The number of hydrogen-bond acceptors (Lipinski definition) is 1. The molecule has 0 N–H and O–H groups in total. The van der Waals surface area contributed by atoms with Crippen molar-refractivity contribution in [3.8, 4) is 12.3 Å². The van der Waals surface area contributed by atoms with Crippen LogP contribution in [0.3, 0.4) is 0 Å². The summed E-state index contributed by atoms with van der Waals surface area (Å²) in [6, 6.07) is 0. The molecule has 3 heteroatoms. The Morgan fingerprint density at radius 3 is 2.50 bits per heavy atom. The van der Waals surface area contributed by atoms with E-state index in [1.54, 1.807) is 0 Å². The van der Waals surface area contributed by atoms with Crippen LogP contribution in [0.5, 0.6) is 0 Å². The molecule has 0 saturated carbocycles. The first-order chi connectivity index (χ1) is 4.52. The number of hydrogen-bond donors (Lipinski definition) is 0. The highest BCUT2D eigenvalue weighted by molar-refractivity contribution is 9.09. The highest BCUT2D eigenvalue weighted by Gasteiger charge is 2.22. The van der Waals surface area contributed by atoms with E-state index in [4.69, 9.17) is 10.8 Å². The molecule has 0 rings (SSSR count). The maximum absolute atomic E-state index is 5.59. The molecule has 1 nitrogen and oxygen atoms in total. The first kappa shape index (κ1) is 10.2. The van der Waals surface area contributed by atoms with Crippen LogP contribution < -0.4 is 0 Å². The Labute approximate surface area is 72.4 Å². The fourth-order valence-electron chi connectivity index (χ4n) is 0.544. The summed E-state index contributed by atoms with van der Waals surface area (Å²) in [7, 11) is -1.49. The van der Waals surface area contributed by atoms with E-state index in [9.17, 15) is 0 Å². The van der Waals surface area contributed by atoms with Gasteiger partial charge in [0.15, 0.2) is 8.32 Å². The van der Waals surface area contributed by atoms with E-state index in [0.717, 1.165) is 4.95 Å². The van der Waals surface area contributed by atoms with Gasteiger partial charge in [-0.05, 0) is 20.0 Å². The zero-order valence-corrected chi connectivity index (χ0v) is 9.23. The Morgan fingerprint density at radius 1 is 1.70 bits per heavy atom. The molecule has 0 saturated heterocycles. The van der Waals surface area contributed by atoms with Crippen LogP contribution in [0.2, 0.25) is 13.1 Å². The van der Waals surface area contributed by atoms with Gasteiger partial charge in [0.05, 0.1) is 0 Å². The minimum atomic E-state index is -1.49. The van der Waals surface area contributed by atoms with E-state index in [1.165, 1.54) is 0 Å². The summed E-state index contributed by atoms with van der Waals surface area (Å²) in [5.41, 5.74) is 0. The Hall–Kier alpha value is 0.217. The van der Waals surface area contributed by atoms with Gasteiger partial charge in [-0.15, -0.1) is 6.42 Å². The predicted octanol–water partition coefficient (Wildman–Crippen LogP) is 2.16. The summed E-state index contributed by atoms with van der Waals surface area (Å²) in [6.07, 6.45) is 5.12. The van der Waals surface area contributed by atoms with Gasteiger partial charge in [-0.2, -0.15) is 0 Å². The molecule has 0 bridgehead atoms. The maximum Gasteiger partial charge on any atom is 0.198 e. The van der Waals surface area contributed by atoms with Crippen molar-refractivity contribution < 1.29 is 4.43 Å². The summed E-state index contributed by atoms with van der Waals surface area (Å²) in [5.74, 6) is 2.55. The molecule has 0 spiro atoms. The van der Waals surface area contributed by atoms with E-state index in [-0.39, 0.29) is 6.10 Å². The highest BCUT2D eigenvalue weighted by atomic mass is 79.9. The molecule has 58 valence electrons. The van der Waals surface area contributed by atoms with E-state index < -0.39 is 8.32 Å². The van der Waals surface area contributed by atoms with Gasteiger partial charge in [-0.1, -0.05) is 21.9 Å². The molecule has 0 aromatic heterocycles. The molecule has 0 aliphatic rings. The van der Waals surface area contributed by atoms with Crippen LogP contribution in [0.15, 0.2) is 0 Å². The molecule has 0 aliphatic heterocycles. The molecule has 0 aromatic carbocycles. The zero-order chi connectivity index (χ0) is 8.20. The normalized spacial score (nSPS) is 14.3. The summed E-state index contributed by atoms with van der Waals surface area (Å²) < 4.78 is 5.59. The lowest BCUT2D eigenvalue weighted by molar-refractivity contribution is 0.271. The standard InChI is InChI=1S/C7H13BrOSi/c1-5-7(2)9-10(3,4)6-8/h1,7H,6H2,2-4H3. The number of rotatable bonds is 3. The van der Waals surface area contributed by atoms with Crippen molar-refractivity contribution in [1.29, 1.82) is 0 Å². The smallest absolute Gasteiger partial charge is 0.198 e. The number of terminal acetylenes is 1. The lowest BCUT2D eigenvalue weighted by atomic mass is 10.4. The SMILES string of the molecule is C#CC(C)O[Si](C)(C)CBr. The van der Waals surface area contributed by atoms with Crippen LogP contribution in [-0.2, 0) is 4.43 Å². The summed E-state index contributed by atoms with van der Waals surface area (Å²) in [4.78, 5) is 0.937. The lowest BCUT2D eigenvalue weighted by Crippen LogP contribution is -2.36. The second kappa shape index (κ2) is 4.17. The minimum Gasteiger partial charge on any atom is -0.403 e. The van der Waals surface area contributed by atoms with Crippen molar-refractivity contribution in [3.05, 3.63) is 0 Å². The van der Waals surface area contributed by atoms with Gasteiger partial charge >= 0.3 is 0 Å². The van der Waals surface area contributed by atoms with Gasteiger partial charge in [0.25, 0.3) is 0 Å². The second-order valence-corrected chi connectivity index (χ2v) is 8.52. The van der Waals surface area contributed by atoms with E-state index in [1.807, 2.05) is 6.92 Å². The molecular weight excluding hydrogens is 208 g/mol. The van der Waals surface area contributed by atoms with Crippen LogP contribution in [-0.4, -0.2) is 19.4 Å². The average molecular weight is 221 g/mol. The van der Waals surface area contributed by atoms with E-state index in [0.29, 0.717) is 0 Å². The van der Waals surface area contributed by atoms with Gasteiger partial charge in [-0.25, -0.2) is 0 Å². The van der Waals surface area contributed by atoms with Crippen molar-refractivity contribution in [2.75, 3.05) is 4.95 Å². The van der Waals surface area contributed by atoms with Gasteiger partial charge < -0.3 is 4.43 Å². The Bertz CT molecular complexity index is 139. The van der Waals surface area contributed by atoms with E-state index in [2.05, 4.69) is 34.9 Å². The Morgan fingerprint density at radius 2 is 2.20 bits per heavy atom. The topological polar surface area (TPSA) is 9.23 Å². The predicted molar refractivity (Wildman–Crippen MR) is 50.7 cm³/mol. The number of halogens is 1. The van der Waals surface area contributed by atoms with Crippen LogP contribution in [0.25, 0.3) is 0 Å². The molecule has 0 aliphatic carbocycles. The monoisotopic (exact) mass is 220 g/mol. The van der Waals surface area contributed by atoms with Crippen LogP contribution in [0.4, 0.5) is 0 Å². The van der Waals surface area contributed by atoms with Crippen LogP contribution in [0, 0.1) is 12.3 Å². The van der Waals surface area contributed by atoms with Crippen molar-refractivity contribution in [2.24, 2.45) is 0 Å². The fraction of sp³-hybridized carbons (Fsp3) is 0.714.